The maximum absolute atomic E-state index is 12.5. The summed E-state index contributed by atoms with van der Waals surface area (Å²) >= 11 is 3.43. The Morgan fingerprint density at radius 2 is 2.08 bits per heavy atom. The Balaban J connectivity index is 1.77. The molecule has 0 fully saturated rings. The molecule has 6 heteroatoms. The third-order valence-corrected chi connectivity index (χ3v) is 4.34. The van der Waals surface area contributed by atoms with E-state index in [1.807, 2.05) is 32.0 Å². The summed E-state index contributed by atoms with van der Waals surface area (Å²) in [7, 11) is 1.61. The van der Waals surface area contributed by atoms with E-state index in [0.717, 1.165) is 21.3 Å². The highest BCUT2D eigenvalue weighted by molar-refractivity contribution is 9.10. The van der Waals surface area contributed by atoms with Gasteiger partial charge in [0.05, 0.1) is 7.11 Å². The predicted octanol–water partition coefficient (Wildman–Crippen LogP) is 4.65. The zero-order chi connectivity index (χ0) is 18.0. The fraction of sp³-hybridized carbons (Fsp3) is 0.263. The molecule has 0 saturated carbocycles. The van der Waals surface area contributed by atoms with Crippen LogP contribution in [0.2, 0.25) is 0 Å². The number of carbonyl (C=O) groups excluding carboxylic acids is 1. The van der Waals surface area contributed by atoms with Crippen LogP contribution in [0.25, 0.3) is 11.1 Å². The number of nitrogens with one attached hydrogen (secondary N) is 1. The zero-order valence-electron chi connectivity index (χ0n) is 14.3. The summed E-state index contributed by atoms with van der Waals surface area (Å²) in [6.45, 7) is 4.40. The van der Waals surface area contributed by atoms with Crippen LogP contribution in [0.1, 0.15) is 41.6 Å². The van der Waals surface area contributed by atoms with Crippen molar-refractivity contribution >= 4 is 32.9 Å². The molecule has 0 aliphatic carbocycles. The number of aromatic nitrogens is 1. The van der Waals surface area contributed by atoms with E-state index in [-0.39, 0.29) is 11.8 Å². The molecule has 5 nitrogen and oxygen atoms in total. The maximum Gasteiger partial charge on any atom is 0.251 e. The van der Waals surface area contributed by atoms with Gasteiger partial charge in [0.2, 0.25) is 0 Å². The molecule has 0 saturated heterocycles. The van der Waals surface area contributed by atoms with E-state index in [9.17, 15) is 4.79 Å². The largest absolute Gasteiger partial charge is 0.496 e. The molecule has 3 rings (SSSR count). The van der Waals surface area contributed by atoms with Crippen LogP contribution in [0.4, 0.5) is 0 Å². The third kappa shape index (κ3) is 3.85. The predicted molar refractivity (Wildman–Crippen MR) is 100.0 cm³/mol. The molecule has 0 atom stereocenters. The van der Waals surface area contributed by atoms with Gasteiger partial charge in [0.15, 0.2) is 11.5 Å². The topological polar surface area (TPSA) is 64.4 Å². The van der Waals surface area contributed by atoms with Gasteiger partial charge in [0.1, 0.15) is 11.3 Å². The number of oxazole rings is 1. The molecule has 0 spiro atoms. The minimum Gasteiger partial charge on any atom is -0.496 e. The Labute approximate surface area is 154 Å². The van der Waals surface area contributed by atoms with Crippen LogP contribution in [0.15, 0.2) is 45.3 Å². The van der Waals surface area contributed by atoms with Crippen molar-refractivity contribution in [1.82, 2.24) is 10.3 Å². The zero-order valence-corrected chi connectivity index (χ0v) is 15.9. The highest BCUT2D eigenvalue weighted by Crippen LogP contribution is 2.24. The lowest BCUT2D eigenvalue weighted by Gasteiger charge is -2.10. The minimum atomic E-state index is -0.175. The molecule has 0 radical (unpaired) electrons. The van der Waals surface area contributed by atoms with Gasteiger partial charge in [-0.05, 0) is 36.4 Å². The molecule has 1 heterocycles. The average Bonchev–Trinajstić information content (AvgIpc) is 3.03. The number of nitrogens with zero attached hydrogens (tertiary/aromatic N) is 1. The fourth-order valence-electron chi connectivity index (χ4n) is 2.49. The number of hydrogen-bond donors (Lipinski definition) is 1. The Morgan fingerprint density at radius 1 is 1.28 bits per heavy atom. The molecule has 1 aromatic heterocycles. The van der Waals surface area contributed by atoms with E-state index in [2.05, 4.69) is 26.2 Å². The highest BCUT2D eigenvalue weighted by Gasteiger charge is 2.13. The Kier molecular flexibility index (Phi) is 5.08. The standard InChI is InChI=1S/C19H19BrN2O3/c1-11(2)19-22-15-6-4-12(9-17(15)25-19)18(23)21-10-13-8-14(20)5-7-16(13)24-3/h4-9,11H,10H2,1-3H3,(H,21,23). The van der Waals surface area contributed by atoms with E-state index in [1.54, 1.807) is 25.3 Å². The molecule has 1 N–H and O–H groups in total. The van der Waals surface area contributed by atoms with Crippen LogP contribution in [0, 0.1) is 0 Å². The van der Waals surface area contributed by atoms with E-state index in [1.165, 1.54) is 0 Å². The number of amides is 1. The molecule has 2 aromatic carbocycles. The van der Waals surface area contributed by atoms with Crippen LogP contribution < -0.4 is 10.1 Å². The van der Waals surface area contributed by atoms with Gasteiger partial charge in [-0.25, -0.2) is 4.98 Å². The van der Waals surface area contributed by atoms with Crippen LogP contribution in [0.3, 0.4) is 0 Å². The summed E-state index contributed by atoms with van der Waals surface area (Å²) in [5.74, 6) is 1.43. The molecular formula is C19H19BrN2O3. The summed E-state index contributed by atoms with van der Waals surface area (Å²) in [5.41, 5.74) is 2.81. The van der Waals surface area contributed by atoms with Gasteiger partial charge in [0, 0.05) is 28.1 Å². The lowest BCUT2D eigenvalue weighted by atomic mass is 10.1. The first-order valence-corrected chi connectivity index (χ1v) is 8.78. The van der Waals surface area contributed by atoms with Gasteiger partial charge in [-0.2, -0.15) is 0 Å². The van der Waals surface area contributed by atoms with Crippen molar-refractivity contribution in [2.24, 2.45) is 0 Å². The van der Waals surface area contributed by atoms with Gasteiger partial charge in [0.25, 0.3) is 5.91 Å². The van der Waals surface area contributed by atoms with Crippen molar-refractivity contribution in [2.45, 2.75) is 26.3 Å². The summed E-state index contributed by atoms with van der Waals surface area (Å²) < 4.78 is 12.0. The minimum absolute atomic E-state index is 0.175. The maximum atomic E-state index is 12.5. The molecule has 0 bridgehead atoms. The lowest BCUT2D eigenvalue weighted by molar-refractivity contribution is 0.0950. The van der Waals surface area contributed by atoms with Gasteiger partial charge in [-0.1, -0.05) is 29.8 Å². The monoisotopic (exact) mass is 402 g/mol. The average molecular weight is 403 g/mol. The van der Waals surface area contributed by atoms with Crippen LogP contribution >= 0.6 is 15.9 Å². The van der Waals surface area contributed by atoms with Crippen LogP contribution in [0.5, 0.6) is 5.75 Å². The van der Waals surface area contributed by atoms with Gasteiger partial charge in [-0.15, -0.1) is 0 Å². The van der Waals surface area contributed by atoms with Crippen molar-refractivity contribution in [3.8, 4) is 5.75 Å². The van der Waals surface area contributed by atoms with Crippen molar-refractivity contribution in [3.05, 3.63) is 57.9 Å². The van der Waals surface area contributed by atoms with Crippen molar-refractivity contribution in [3.63, 3.8) is 0 Å². The number of benzene rings is 2. The quantitative estimate of drug-likeness (QED) is 0.674. The Morgan fingerprint density at radius 3 is 2.80 bits per heavy atom. The second kappa shape index (κ2) is 7.27. The molecule has 0 unspecified atom stereocenters. The first-order chi connectivity index (χ1) is 12.0. The third-order valence-electron chi connectivity index (χ3n) is 3.84. The molecule has 130 valence electrons. The second-order valence-corrected chi connectivity index (χ2v) is 6.94. The summed E-state index contributed by atoms with van der Waals surface area (Å²) in [4.78, 5) is 16.9. The normalized spacial score (nSPS) is 11.1. The molecular weight excluding hydrogens is 384 g/mol. The van der Waals surface area contributed by atoms with E-state index in [4.69, 9.17) is 9.15 Å². The van der Waals surface area contributed by atoms with Gasteiger partial charge in [-0.3, -0.25) is 4.79 Å². The molecule has 0 aliphatic heterocycles. The molecule has 1 amide bonds. The van der Waals surface area contributed by atoms with E-state index in [0.29, 0.717) is 23.6 Å². The van der Waals surface area contributed by atoms with Gasteiger partial charge >= 0.3 is 0 Å². The van der Waals surface area contributed by atoms with Crippen molar-refractivity contribution in [2.75, 3.05) is 7.11 Å². The van der Waals surface area contributed by atoms with Crippen LogP contribution in [-0.4, -0.2) is 18.0 Å². The van der Waals surface area contributed by atoms with Crippen molar-refractivity contribution in [1.29, 1.82) is 0 Å². The molecule has 25 heavy (non-hydrogen) atoms. The van der Waals surface area contributed by atoms with Crippen molar-refractivity contribution < 1.29 is 13.9 Å². The second-order valence-electron chi connectivity index (χ2n) is 6.03. The smallest absolute Gasteiger partial charge is 0.251 e. The molecule has 0 aliphatic rings. The van der Waals surface area contributed by atoms with E-state index < -0.39 is 0 Å². The fourth-order valence-corrected chi connectivity index (χ4v) is 2.90. The Hall–Kier alpha value is -2.34. The number of carbonyl (C=O) groups is 1. The Bertz CT molecular complexity index is 918. The highest BCUT2D eigenvalue weighted by atomic mass is 79.9. The number of fused-ring (bicyclic) bond motifs is 1. The first kappa shape index (κ1) is 17.5. The first-order valence-electron chi connectivity index (χ1n) is 7.99. The SMILES string of the molecule is COc1ccc(Br)cc1CNC(=O)c1ccc2nc(C(C)C)oc2c1. The van der Waals surface area contributed by atoms with Gasteiger partial charge < -0.3 is 14.5 Å². The summed E-state index contributed by atoms with van der Waals surface area (Å²) in [6.07, 6.45) is 0. The summed E-state index contributed by atoms with van der Waals surface area (Å²) in [6, 6.07) is 11.0. The number of methoxy groups -OCH3 is 1. The summed E-state index contributed by atoms with van der Waals surface area (Å²) in [5, 5.41) is 2.91. The number of hydrogen-bond acceptors (Lipinski definition) is 4. The number of ether oxygens (including phenoxy) is 1. The molecule has 3 aromatic rings. The van der Waals surface area contributed by atoms with Crippen LogP contribution in [-0.2, 0) is 6.54 Å². The lowest BCUT2D eigenvalue weighted by Crippen LogP contribution is -2.23. The van der Waals surface area contributed by atoms with E-state index >= 15 is 0 Å². The number of halogens is 1. The number of rotatable bonds is 5.